The second-order valence-electron chi connectivity index (χ2n) is 4.24. The molecule has 2 nitrogen and oxygen atoms in total. The van der Waals surface area contributed by atoms with Gasteiger partial charge in [0.25, 0.3) is 0 Å². The molecule has 3 atom stereocenters. The van der Waals surface area contributed by atoms with Gasteiger partial charge in [-0.25, -0.2) is 0 Å². The van der Waals surface area contributed by atoms with Crippen molar-refractivity contribution >= 4 is 0 Å². The van der Waals surface area contributed by atoms with E-state index in [0.29, 0.717) is 12.8 Å². The summed E-state index contributed by atoms with van der Waals surface area (Å²) in [6, 6.07) is 0. The minimum atomic E-state index is -4.18. The van der Waals surface area contributed by atoms with E-state index in [-0.39, 0.29) is 19.4 Å². The molecule has 0 aromatic rings. The summed E-state index contributed by atoms with van der Waals surface area (Å²) in [5.41, 5.74) is 5.25. The lowest BCUT2D eigenvalue weighted by Crippen LogP contribution is -2.40. The lowest BCUT2D eigenvalue weighted by atomic mass is 9.75. The normalized spacial score (nSPS) is 30.2. The lowest BCUT2D eigenvalue weighted by Gasteiger charge is -2.35. The summed E-state index contributed by atoms with van der Waals surface area (Å²) in [4.78, 5) is 0. The van der Waals surface area contributed by atoms with Crippen molar-refractivity contribution in [2.75, 3.05) is 6.54 Å². The third-order valence-electron chi connectivity index (χ3n) is 3.20. The Kier molecular flexibility index (Phi) is 4.40. The smallest absolute Gasteiger partial charge is 0.392 e. The Bertz CT molecular complexity index is 196. The second-order valence-corrected chi connectivity index (χ2v) is 4.24. The van der Waals surface area contributed by atoms with Gasteiger partial charge in [-0.1, -0.05) is 12.8 Å². The minimum absolute atomic E-state index is 0.149. The molecule has 1 rings (SSSR count). The number of rotatable bonds is 3. The largest absolute Gasteiger partial charge is 0.393 e. The van der Waals surface area contributed by atoms with Gasteiger partial charge in [-0.05, 0) is 31.7 Å². The van der Waals surface area contributed by atoms with Crippen molar-refractivity contribution in [1.29, 1.82) is 0 Å². The van der Waals surface area contributed by atoms with E-state index in [0.717, 1.165) is 6.42 Å². The van der Waals surface area contributed by atoms with Gasteiger partial charge in [-0.2, -0.15) is 13.2 Å². The molecule has 1 aliphatic carbocycles. The molecular formula is C10H18F3NO. The molecule has 0 bridgehead atoms. The van der Waals surface area contributed by atoms with E-state index in [1.54, 1.807) is 0 Å². The van der Waals surface area contributed by atoms with Crippen LogP contribution in [0.2, 0.25) is 0 Å². The maximum atomic E-state index is 12.6. The highest BCUT2D eigenvalue weighted by Crippen LogP contribution is 2.43. The van der Waals surface area contributed by atoms with Crippen LogP contribution in [-0.2, 0) is 0 Å². The van der Waals surface area contributed by atoms with Crippen molar-refractivity contribution in [2.45, 2.75) is 44.4 Å². The number of hydrogen-bond donors (Lipinski definition) is 2. The molecule has 0 spiro atoms. The van der Waals surface area contributed by atoms with Crippen molar-refractivity contribution in [1.82, 2.24) is 0 Å². The van der Waals surface area contributed by atoms with Crippen LogP contribution >= 0.6 is 0 Å². The number of aliphatic hydroxyl groups is 1. The molecule has 0 radical (unpaired) electrons. The van der Waals surface area contributed by atoms with Gasteiger partial charge in [0.15, 0.2) is 0 Å². The van der Waals surface area contributed by atoms with Crippen LogP contribution in [0.4, 0.5) is 13.2 Å². The van der Waals surface area contributed by atoms with Crippen molar-refractivity contribution in [3.05, 3.63) is 0 Å². The molecule has 90 valence electrons. The number of alkyl halides is 3. The zero-order chi connectivity index (χ0) is 11.5. The van der Waals surface area contributed by atoms with E-state index in [1.807, 2.05) is 0 Å². The van der Waals surface area contributed by atoms with E-state index in [4.69, 9.17) is 5.73 Å². The predicted molar refractivity (Wildman–Crippen MR) is 51.2 cm³/mol. The quantitative estimate of drug-likeness (QED) is 0.772. The highest BCUT2D eigenvalue weighted by Gasteiger charge is 2.47. The molecule has 0 aromatic heterocycles. The SMILES string of the molecule is NCCC(O)C1CCCCC1C(F)(F)F. The summed E-state index contributed by atoms with van der Waals surface area (Å²) in [6.45, 7) is 0.238. The van der Waals surface area contributed by atoms with Gasteiger partial charge in [0, 0.05) is 0 Å². The van der Waals surface area contributed by atoms with E-state index >= 15 is 0 Å². The van der Waals surface area contributed by atoms with Crippen LogP contribution < -0.4 is 5.73 Å². The van der Waals surface area contributed by atoms with Crippen molar-refractivity contribution in [3.8, 4) is 0 Å². The Hall–Kier alpha value is -0.290. The summed E-state index contributed by atoms with van der Waals surface area (Å²) in [5.74, 6) is -1.99. The summed E-state index contributed by atoms with van der Waals surface area (Å²) in [7, 11) is 0. The topological polar surface area (TPSA) is 46.2 Å². The zero-order valence-corrected chi connectivity index (χ0v) is 8.63. The highest BCUT2D eigenvalue weighted by molar-refractivity contribution is 4.85. The van der Waals surface area contributed by atoms with Crippen LogP contribution in [0.3, 0.4) is 0 Å². The first-order valence-corrected chi connectivity index (χ1v) is 5.41. The maximum absolute atomic E-state index is 12.6. The van der Waals surface area contributed by atoms with Crippen LogP contribution in [0.1, 0.15) is 32.1 Å². The van der Waals surface area contributed by atoms with Crippen LogP contribution in [0.25, 0.3) is 0 Å². The Morgan fingerprint density at radius 2 is 1.87 bits per heavy atom. The van der Waals surface area contributed by atoms with E-state index < -0.39 is 24.1 Å². The van der Waals surface area contributed by atoms with Crippen molar-refractivity contribution in [3.63, 3.8) is 0 Å². The minimum Gasteiger partial charge on any atom is -0.393 e. The summed E-state index contributed by atoms with van der Waals surface area (Å²) in [6.07, 6.45) is -2.82. The first-order chi connectivity index (χ1) is 6.96. The van der Waals surface area contributed by atoms with Gasteiger partial charge in [-0.3, -0.25) is 0 Å². The molecule has 15 heavy (non-hydrogen) atoms. The number of nitrogens with two attached hydrogens (primary N) is 1. The fourth-order valence-electron chi connectivity index (χ4n) is 2.41. The van der Waals surface area contributed by atoms with Crippen LogP contribution in [0, 0.1) is 11.8 Å². The molecule has 0 aromatic carbocycles. The Balaban J connectivity index is 2.65. The predicted octanol–water partition coefficient (Wildman–Crippen LogP) is 2.06. The third-order valence-corrected chi connectivity index (χ3v) is 3.20. The van der Waals surface area contributed by atoms with E-state index in [2.05, 4.69) is 0 Å². The number of hydrogen-bond acceptors (Lipinski definition) is 2. The molecule has 5 heteroatoms. The molecular weight excluding hydrogens is 207 g/mol. The van der Waals surface area contributed by atoms with Gasteiger partial charge in [0.05, 0.1) is 12.0 Å². The Morgan fingerprint density at radius 3 is 2.40 bits per heavy atom. The number of halogens is 3. The summed E-state index contributed by atoms with van der Waals surface area (Å²) in [5, 5.41) is 9.63. The van der Waals surface area contributed by atoms with Crippen molar-refractivity contribution in [2.24, 2.45) is 17.6 Å². The van der Waals surface area contributed by atoms with Gasteiger partial charge in [0.2, 0.25) is 0 Å². The first kappa shape index (κ1) is 12.8. The van der Waals surface area contributed by atoms with Gasteiger partial charge in [-0.15, -0.1) is 0 Å². The lowest BCUT2D eigenvalue weighted by molar-refractivity contribution is -0.206. The molecule has 1 aliphatic rings. The highest BCUT2D eigenvalue weighted by atomic mass is 19.4. The fourth-order valence-corrected chi connectivity index (χ4v) is 2.41. The third kappa shape index (κ3) is 3.34. The van der Waals surface area contributed by atoms with Gasteiger partial charge >= 0.3 is 6.18 Å². The van der Waals surface area contributed by atoms with E-state index in [9.17, 15) is 18.3 Å². The molecule has 3 unspecified atom stereocenters. The molecule has 0 heterocycles. The maximum Gasteiger partial charge on any atom is 0.392 e. The monoisotopic (exact) mass is 225 g/mol. The average Bonchev–Trinajstić information content (AvgIpc) is 2.17. The average molecular weight is 225 g/mol. The molecule has 0 aliphatic heterocycles. The molecule has 0 saturated heterocycles. The van der Waals surface area contributed by atoms with Crippen molar-refractivity contribution < 1.29 is 18.3 Å². The zero-order valence-electron chi connectivity index (χ0n) is 8.63. The fraction of sp³-hybridized carbons (Fsp3) is 1.00. The Labute approximate surface area is 87.6 Å². The summed E-state index contributed by atoms with van der Waals surface area (Å²) < 4.78 is 37.9. The molecule has 1 fully saturated rings. The van der Waals surface area contributed by atoms with Gasteiger partial charge < -0.3 is 10.8 Å². The molecule has 0 amide bonds. The Morgan fingerprint density at radius 1 is 1.27 bits per heavy atom. The summed E-state index contributed by atoms with van der Waals surface area (Å²) >= 11 is 0. The van der Waals surface area contributed by atoms with Crippen LogP contribution in [-0.4, -0.2) is 23.9 Å². The number of aliphatic hydroxyl groups excluding tert-OH is 1. The molecule has 1 saturated carbocycles. The van der Waals surface area contributed by atoms with Gasteiger partial charge in [0.1, 0.15) is 0 Å². The van der Waals surface area contributed by atoms with Crippen LogP contribution in [0.5, 0.6) is 0 Å². The van der Waals surface area contributed by atoms with E-state index in [1.165, 1.54) is 0 Å². The molecule has 3 N–H and O–H groups in total. The second kappa shape index (κ2) is 5.16. The first-order valence-electron chi connectivity index (χ1n) is 5.41. The van der Waals surface area contributed by atoms with Crippen LogP contribution in [0.15, 0.2) is 0 Å². The standard InChI is InChI=1S/C10H18F3NO/c11-10(12,13)8-4-2-1-3-7(8)9(15)5-6-14/h7-9,15H,1-6,14H2.